The lowest BCUT2D eigenvalue weighted by molar-refractivity contribution is 0.341. The first-order valence-corrected chi connectivity index (χ1v) is 7.13. The molecule has 2 aromatic rings. The van der Waals surface area contributed by atoms with Gasteiger partial charge in [0.25, 0.3) is 0 Å². The van der Waals surface area contributed by atoms with Crippen molar-refractivity contribution in [2.24, 2.45) is 0 Å². The Morgan fingerprint density at radius 1 is 1.20 bits per heavy atom. The highest BCUT2D eigenvalue weighted by Gasteiger charge is 2.20. The van der Waals surface area contributed by atoms with Crippen LogP contribution in [-0.2, 0) is 6.54 Å². The molecule has 0 spiro atoms. The molecule has 0 amide bonds. The Balaban J connectivity index is 1.75. The number of aromatic nitrogens is 2. The van der Waals surface area contributed by atoms with Crippen molar-refractivity contribution in [2.75, 3.05) is 6.61 Å². The van der Waals surface area contributed by atoms with E-state index in [4.69, 9.17) is 4.74 Å². The summed E-state index contributed by atoms with van der Waals surface area (Å²) in [5.74, 6) is 1.54. The third-order valence-electron chi connectivity index (χ3n) is 3.31. The highest BCUT2D eigenvalue weighted by Crippen LogP contribution is 2.26. The zero-order chi connectivity index (χ0) is 13.8. The molecule has 1 heterocycles. The van der Waals surface area contributed by atoms with Gasteiger partial charge >= 0.3 is 0 Å². The first-order valence-electron chi connectivity index (χ1n) is 7.13. The Morgan fingerprint density at radius 3 is 2.65 bits per heavy atom. The fraction of sp³-hybridized carbons (Fsp3) is 0.375. The van der Waals surface area contributed by atoms with Gasteiger partial charge in [-0.1, -0.05) is 12.1 Å². The van der Waals surface area contributed by atoms with Crippen LogP contribution in [-0.4, -0.2) is 22.6 Å². The topological polar surface area (TPSA) is 47.0 Å². The van der Waals surface area contributed by atoms with Crippen LogP contribution in [0.5, 0.6) is 5.75 Å². The van der Waals surface area contributed by atoms with Crippen molar-refractivity contribution < 1.29 is 4.74 Å². The number of para-hydroxylation sites is 1. The van der Waals surface area contributed by atoms with E-state index in [1.54, 1.807) is 0 Å². The largest absolute Gasteiger partial charge is 0.493 e. The third-order valence-corrected chi connectivity index (χ3v) is 3.31. The standard InChI is InChI=1S/C16H19N3O/c1-2-20-15-6-4-3-5-14(15)16-18-10-12(11-19-16)9-17-13-7-8-13/h3-6,10-11,13,17H,2,7-9H2,1H3. The van der Waals surface area contributed by atoms with Crippen LogP contribution in [0.1, 0.15) is 25.3 Å². The maximum Gasteiger partial charge on any atom is 0.162 e. The molecule has 0 aliphatic heterocycles. The summed E-state index contributed by atoms with van der Waals surface area (Å²) in [6.45, 7) is 3.46. The van der Waals surface area contributed by atoms with E-state index in [0.29, 0.717) is 18.5 Å². The highest BCUT2D eigenvalue weighted by molar-refractivity contribution is 5.63. The van der Waals surface area contributed by atoms with Crippen LogP contribution in [0.4, 0.5) is 0 Å². The predicted octanol–water partition coefficient (Wildman–Crippen LogP) is 2.79. The summed E-state index contributed by atoms with van der Waals surface area (Å²) >= 11 is 0. The normalized spacial score (nSPS) is 14.2. The van der Waals surface area contributed by atoms with Crippen molar-refractivity contribution in [1.29, 1.82) is 0 Å². The predicted molar refractivity (Wildman–Crippen MR) is 78.5 cm³/mol. The molecule has 1 aromatic heterocycles. The highest BCUT2D eigenvalue weighted by atomic mass is 16.5. The van der Waals surface area contributed by atoms with Gasteiger partial charge in [-0.2, -0.15) is 0 Å². The lowest BCUT2D eigenvalue weighted by atomic mass is 10.2. The molecular formula is C16H19N3O. The second kappa shape index (κ2) is 6.01. The van der Waals surface area contributed by atoms with Crippen molar-refractivity contribution >= 4 is 0 Å². The summed E-state index contributed by atoms with van der Waals surface area (Å²) in [5.41, 5.74) is 2.06. The molecule has 0 bridgehead atoms. The number of rotatable bonds is 6. The SMILES string of the molecule is CCOc1ccccc1-c1ncc(CNC2CC2)cn1. The number of hydrogen-bond acceptors (Lipinski definition) is 4. The minimum atomic E-state index is 0.639. The number of nitrogens with one attached hydrogen (secondary N) is 1. The Labute approximate surface area is 119 Å². The number of ether oxygens (including phenoxy) is 1. The van der Waals surface area contributed by atoms with E-state index in [1.807, 2.05) is 43.6 Å². The average molecular weight is 269 g/mol. The molecule has 1 aromatic carbocycles. The minimum Gasteiger partial charge on any atom is -0.493 e. The van der Waals surface area contributed by atoms with Gasteiger partial charge in [0, 0.05) is 30.5 Å². The fourth-order valence-corrected chi connectivity index (χ4v) is 2.07. The molecule has 20 heavy (non-hydrogen) atoms. The molecule has 1 saturated carbocycles. The average Bonchev–Trinajstić information content (AvgIpc) is 3.31. The molecule has 0 radical (unpaired) electrons. The van der Waals surface area contributed by atoms with Crippen LogP contribution in [0.3, 0.4) is 0 Å². The number of nitrogens with zero attached hydrogens (tertiary/aromatic N) is 2. The minimum absolute atomic E-state index is 0.639. The summed E-state index contributed by atoms with van der Waals surface area (Å²) < 4.78 is 5.62. The molecule has 1 fully saturated rings. The van der Waals surface area contributed by atoms with E-state index in [2.05, 4.69) is 15.3 Å². The second-order valence-corrected chi connectivity index (χ2v) is 5.00. The van der Waals surface area contributed by atoms with Gasteiger partial charge in [-0.05, 0) is 31.9 Å². The molecule has 4 nitrogen and oxygen atoms in total. The monoisotopic (exact) mass is 269 g/mol. The van der Waals surface area contributed by atoms with Crippen molar-refractivity contribution in [1.82, 2.24) is 15.3 Å². The zero-order valence-electron chi connectivity index (χ0n) is 11.7. The maximum absolute atomic E-state index is 5.62. The summed E-state index contributed by atoms with van der Waals surface area (Å²) in [4.78, 5) is 8.92. The molecule has 0 saturated heterocycles. The fourth-order valence-electron chi connectivity index (χ4n) is 2.07. The van der Waals surface area contributed by atoms with Gasteiger partial charge in [0.1, 0.15) is 5.75 Å². The molecule has 1 aliphatic rings. The molecule has 0 unspecified atom stereocenters. The van der Waals surface area contributed by atoms with Gasteiger partial charge < -0.3 is 10.1 Å². The maximum atomic E-state index is 5.62. The van der Waals surface area contributed by atoms with Gasteiger partial charge in [0.15, 0.2) is 5.82 Å². The molecule has 1 N–H and O–H groups in total. The molecule has 0 atom stereocenters. The molecule has 1 aliphatic carbocycles. The van der Waals surface area contributed by atoms with Gasteiger partial charge in [0.2, 0.25) is 0 Å². The van der Waals surface area contributed by atoms with E-state index in [-0.39, 0.29) is 0 Å². The Bertz CT molecular complexity index is 564. The van der Waals surface area contributed by atoms with Crippen LogP contribution in [0, 0.1) is 0 Å². The first-order chi connectivity index (χ1) is 9.86. The van der Waals surface area contributed by atoms with Crippen LogP contribution in [0.15, 0.2) is 36.7 Å². The molecule has 4 heteroatoms. The van der Waals surface area contributed by atoms with E-state index in [0.717, 1.165) is 23.4 Å². The van der Waals surface area contributed by atoms with Crippen LogP contribution in [0.2, 0.25) is 0 Å². The lowest BCUT2D eigenvalue weighted by Crippen LogP contribution is -2.15. The van der Waals surface area contributed by atoms with Crippen molar-refractivity contribution in [3.8, 4) is 17.1 Å². The van der Waals surface area contributed by atoms with Crippen molar-refractivity contribution in [2.45, 2.75) is 32.4 Å². The summed E-state index contributed by atoms with van der Waals surface area (Å²) in [6.07, 6.45) is 6.36. The molecular weight excluding hydrogens is 250 g/mol. The van der Waals surface area contributed by atoms with Gasteiger partial charge in [-0.25, -0.2) is 9.97 Å². The van der Waals surface area contributed by atoms with E-state index < -0.39 is 0 Å². The Morgan fingerprint density at radius 2 is 1.95 bits per heavy atom. The molecule has 3 rings (SSSR count). The lowest BCUT2D eigenvalue weighted by Gasteiger charge is -2.09. The van der Waals surface area contributed by atoms with Crippen molar-refractivity contribution in [3.05, 3.63) is 42.2 Å². The van der Waals surface area contributed by atoms with Gasteiger partial charge in [-0.3, -0.25) is 0 Å². The van der Waals surface area contributed by atoms with Gasteiger partial charge in [-0.15, -0.1) is 0 Å². The summed E-state index contributed by atoms with van der Waals surface area (Å²) in [5, 5.41) is 3.46. The van der Waals surface area contributed by atoms with E-state index in [9.17, 15) is 0 Å². The first kappa shape index (κ1) is 13.1. The van der Waals surface area contributed by atoms with Gasteiger partial charge in [0.05, 0.1) is 12.2 Å². The van der Waals surface area contributed by atoms with Crippen molar-refractivity contribution in [3.63, 3.8) is 0 Å². The second-order valence-electron chi connectivity index (χ2n) is 5.00. The smallest absolute Gasteiger partial charge is 0.162 e. The quantitative estimate of drug-likeness (QED) is 0.876. The van der Waals surface area contributed by atoms with Crippen LogP contribution < -0.4 is 10.1 Å². The van der Waals surface area contributed by atoms with Crippen LogP contribution >= 0.6 is 0 Å². The molecule has 104 valence electrons. The summed E-state index contributed by atoms with van der Waals surface area (Å²) in [6, 6.07) is 8.58. The van der Waals surface area contributed by atoms with E-state index in [1.165, 1.54) is 12.8 Å². The third kappa shape index (κ3) is 3.14. The van der Waals surface area contributed by atoms with E-state index >= 15 is 0 Å². The number of benzene rings is 1. The Kier molecular flexibility index (Phi) is 3.92. The zero-order valence-corrected chi connectivity index (χ0v) is 11.7. The van der Waals surface area contributed by atoms with Crippen LogP contribution in [0.25, 0.3) is 11.4 Å². The summed E-state index contributed by atoms with van der Waals surface area (Å²) in [7, 11) is 0. The Hall–Kier alpha value is -1.94. The number of hydrogen-bond donors (Lipinski definition) is 1.